The number of nitrogens with zero attached hydrogens (tertiary/aromatic N) is 3. The highest BCUT2D eigenvalue weighted by Crippen LogP contribution is 2.25. The first kappa shape index (κ1) is 16.5. The number of hydrogen-bond acceptors (Lipinski definition) is 3. The lowest BCUT2D eigenvalue weighted by Crippen LogP contribution is -2.20. The van der Waals surface area contributed by atoms with Crippen LogP contribution < -0.4 is 10.2 Å². The van der Waals surface area contributed by atoms with Gasteiger partial charge >= 0.3 is 0 Å². The largest absolute Gasteiger partial charge is 0.372 e. The van der Waals surface area contributed by atoms with E-state index < -0.39 is 0 Å². The van der Waals surface area contributed by atoms with E-state index in [1.165, 1.54) is 37.2 Å². The minimum atomic E-state index is 0.298. The summed E-state index contributed by atoms with van der Waals surface area (Å²) in [5.74, 6) is 0. The summed E-state index contributed by atoms with van der Waals surface area (Å²) >= 11 is 3.63. The van der Waals surface area contributed by atoms with Crippen molar-refractivity contribution in [3.8, 4) is 0 Å². The predicted octanol–water partition coefficient (Wildman–Crippen LogP) is 3.94. The Morgan fingerprint density at radius 3 is 2.70 bits per heavy atom. The van der Waals surface area contributed by atoms with Crippen LogP contribution in [0.15, 0.2) is 28.7 Å². The van der Waals surface area contributed by atoms with Gasteiger partial charge in [-0.2, -0.15) is 5.10 Å². The molecule has 1 N–H and O–H groups in total. The van der Waals surface area contributed by atoms with E-state index in [0.29, 0.717) is 6.04 Å². The van der Waals surface area contributed by atoms with Crippen LogP contribution in [0.1, 0.15) is 42.8 Å². The van der Waals surface area contributed by atoms with E-state index in [1.54, 1.807) is 0 Å². The first-order valence-corrected chi connectivity index (χ1v) is 9.12. The fourth-order valence-electron chi connectivity index (χ4n) is 3.10. The van der Waals surface area contributed by atoms with Crippen LogP contribution in [0.3, 0.4) is 0 Å². The molecule has 0 radical (unpaired) electrons. The fourth-order valence-corrected chi connectivity index (χ4v) is 3.57. The van der Waals surface area contributed by atoms with Crippen LogP contribution in [0.25, 0.3) is 0 Å². The van der Waals surface area contributed by atoms with E-state index in [2.05, 4.69) is 69.4 Å². The molecule has 1 fully saturated rings. The molecule has 23 heavy (non-hydrogen) atoms. The van der Waals surface area contributed by atoms with Gasteiger partial charge in [-0.25, -0.2) is 0 Å². The Morgan fingerprint density at radius 1 is 1.30 bits per heavy atom. The van der Waals surface area contributed by atoms with Crippen LogP contribution in [-0.4, -0.2) is 22.9 Å². The van der Waals surface area contributed by atoms with Crippen molar-refractivity contribution in [2.45, 2.75) is 39.3 Å². The standard InChI is InChI=1S/C18H25BrN4/c1-13(20-12-17-18(19)14(2)22(3)21-17)15-7-6-8-16(11-15)23-9-4-5-10-23/h6-8,11,13,20H,4-5,9-10,12H2,1-3H3. The normalized spacial score (nSPS) is 16.1. The number of rotatable bonds is 5. The molecule has 0 amide bonds. The summed E-state index contributed by atoms with van der Waals surface area (Å²) in [4.78, 5) is 2.48. The van der Waals surface area contributed by atoms with E-state index in [-0.39, 0.29) is 0 Å². The van der Waals surface area contributed by atoms with Crippen molar-refractivity contribution < 1.29 is 0 Å². The SMILES string of the molecule is Cc1c(Br)c(CNC(C)c2cccc(N3CCCC3)c2)nn1C. The Hall–Kier alpha value is -1.33. The summed E-state index contributed by atoms with van der Waals surface area (Å²) in [7, 11) is 1.98. The zero-order chi connectivity index (χ0) is 16.4. The van der Waals surface area contributed by atoms with Gasteiger partial charge in [0.1, 0.15) is 0 Å². The van der Waals surface area contributed by atoms with Gasteiger partial charge in [0.15, 0.2) is 0 Å². The van der Waals surface area contributed by atoms with Crippen LogP contribution in [0.4, 0.5) is 5.69 Å². The lowest BCUT2D eigenvalue weighted by molar-refractivity contribution is 0.560. The molecule has 124 valence electrons. The lowest BCUT2D eigenvalue weighted by Gasteiger charge is -2.20. The van der Waals surface area contributed by atoms with Crippen molar-refractivity contribution in [2.24, 2.45) is 7.05 Å². The van der Waals surface area contributed by atoms with Gasteiger partial charge in [-0.05, 0) is 60.3 Å². The van der Waals surface area contributed by atoms with Gasteiger partial charge in [-0.3, -0.25) is 4.68 Å². The number of aromatic nitrogens is 2. The number of halogens is 1. The Labute approximate surface area is 147 Å². The maximum absolute atomic E-state index is 4.56. The van der Waals surface area contributed by atoms with E-state index in [9.17, 15) is 0 Å². The quantitative estimate of drug-likeness (QED) is 0.857. The molecular weight excluding hydrogens is 352 g/mol. The summed E-state index contributed by atoms with van der Waals surface area (Å²) in [5.41, 5.74) is 4.90. The molecule has 1 aromatic heterocycles. The van der Waals surface area contributed by atoms with Crippen LogP contribution in [-0.2, 0) is 13.6 Å². The summed E-state index contributed by atoms with van der Waals surface area (Å²) in [6, 6.07) is 9.21. The maximum Gasteiger partial charge on any atom is 0.0907 e. The first-order valence-electron chi connectivity index (χ1n) is 8.32. The number of nitrogens with one attached hydrogen (secondary N) is 1. The fraction of sp³-hybridized carbons (Fsp3) is 0.500. The van der Waals surface area contributed by atoms with Crippen molar-refractivity contribution in [3.63, 3.8) is 0 Å². The second-order valence-corrected chi connectivity index (χ2v) is 7.15. The Morgan fingerprint density at radius 2 is 2.04 bits per heavy atom. The summed E-state index contributed by atoms with van der Waals surface area (Å²) in [5, 5.41) is 8.15. The number of aryl methyl sites for hydroxylation is 1. The summed E-state index contributed by atoms with van der Waals surface area (Å²) in [6.45, 7) is 7.42. The lowest BCUT2D eigenvalue weighted by atomic mass is 10.1. The molecule has 0 bridgehead atoms. The van der Waals surface area contributed by atoms with Gasteiger partial charge in [0.2, 0.25) is 0 Å². The van der Waals surface area contributed by atoms with Crippen LogP contribution in [0.2, 0.25) is 0 Å². The third-order valence-corrected chi connectivity index (χ3v) is 5.78. The molecule has 5 heteroatoms. The van der Waals surface area contributed by atoms with Crippen molar-refractivity contribution in [1.29, 1.82) is 0 Å². The molecule has 4 nitrogen and oxygen atoms in total. The van der Waals surface area contributed by atoms with Gasteiger partial charge in [-0.15, -0.1) is 0 Å². The monoisotopic (exact) mass is 376 g/mol. The zero-order valence-electron chi connectivity index (χ0n) is 14.1. The van der Waals surface area contributed by atoms with E-state index in [4.69, 9.17) is 0 Å². The predicted molar refractivity (Wildman–Crippen MR) is 98.8 cm³/mol. The van der Waals surface area contributed by atoms with Gasteiger partial charge in [0.05, 0.1) is 10.2 Å². The number of anilines is 1. The molecular formula is C18H25BrN4. The van der Waals surface area contributed by atoms with Gasteiger partial charge in [0, 0.05) is 44.1 Å². The number of benzene rings is 1. The van der Waals surface area contributed by atoms with Gasteiger partial charge in [-0.1, -0.05) is 12.1 Å². The highest BCUT2D eigenvalue weighted by atomic mass is 79.9. The first-order chi connectivity index (χ1) is 11.1. The molecule has 1 saturated heterocycles. The average molecular weight is 377 g/mol. The second kappa shape index (κ2) is 7.05. The molecule has 3 rings (SSSR count). The van der Waals surface area contributed by atoms with Crippen molar-refractivity contribution >= 4 is 21.6 Å². The molecule has 1 aliphatic rings. The van der Waals surface area contributed by atoms with Crippen LogP contribution in [0.5, 0.6) is 0 Å². The maximum atomic E-state index is 4.56. The third-order valence-electron chi connectivity index (χ3n) is 4.74. The van der Waals surface area contributed by atoms with Crippen molar-refractivity contribution in [2.75, 3.05) is 18.0 Å². The molecule has 1 unspecified atom stereocenters. The molecule has 1 atom stereocenters. The van der Waals surface area contributed by atoms with E-state index in [0.717, 1.165) is 22.4 Å². The minimum absolute atomic E-state index is 0.298. The van der Waals surface area contributed by atoms with E-state index >= 15 is 0 Å². The Kier molecular flexibility index (Phi) is 5.07. The average Bonchev–Trinajstić information content (AvgIpc) is 3.18. The third kappa shape index (κ3) is 3.61. The number of hydrogen-bond donors (Lipinski definition) is 1. The van der Waals surface area contributed by atoms with Crippen LogP contribution >= 0.6 is 15.9 Å². The zero-order valence-corrected chi connectivity index (χ0v) is 15.7. The van der Waals surface area contributed by atoms with Gasteiger partial charge in [0.25, 0.3) is 0 Å². The highest BCUT2D eigenvalue weighted by molar-refractivity contribution is 9.10. The molecule has 0 aliphatic carbocycles. The Bertz CT molecular complexity index is 674. The molecule has 0 spiro atoms. The molecule has 1 aromatic carbocycles. The molecule has 1 aliphatic heterocycles. The Balaban J connectivity index is 1.67. The topological polar surface area (TPSA) is 33.1 Å². The van der Waals surface area contributed by atoms with Crippen molar-refractivity contribution in [1.82, 2.24) is 15.1 Å². The highest BCUT2D eigenvalue weighted by Gasteiger charge is 2.15. The van der Waals surface area contributed by atoms with Crippen molar-refractivity contribution in [3.05, 3.63) is 45.7 Å². The second-order valence-electron chi connectivity index (χ2n) is 6.36. The summed E-state index contributed by atoms with van der Waals surface area (Å²) < 4.78 is 3.02. The smallest absolute Gasteiger partial charge is 0.0907 e. The van der Waals surface area contributed by atoms with E-state index in [1.807, 2.05) is 11.7 Å². The van der Waals surface area contributed by atoms with Crippen LogP contribution in [0, 0.1) is 6.92 Å². The molecule has 0 saturated carbocycles. The molecule has 2 aromatic rings. The molecule has 2 heterocycles. The summed E-state index contributed by atoms with van der Waals surface area (Å²) in [6.07, 6.45) is 2.62. The van der Waals surface area contributed by atoms with Gasteiger partial charge < -0.3 is 10.2 Å². The minimum Gasteiger partial charge on any atom is -0.372 e.